The predicted molar refractivity (Wildman–Crippen MR) is 81.4 cm³/mol. The van der Waals surface area contributed by atoms with Gasteiger partial charge in [0.1, 0.15) is 0 Å². The number of hydrogen-bond donors (Lipinski definition) is 1. The molecular weight excluding hydrogens is 268 g/mol. The first-order valence-corrected chi connectivity index (χ1v) is 7.05. The van der Waals surface area contributed by atoms with Crippen LogP contribution in [-0.4, -0.2) is 48.1 Å². The predicted octanol–water partition coefficient (Wildman–Crippen LogP) is 1.54. The third-order valence-electron chi connectivity index (χ3n) is 3.52. The molecule has 1 N–H and O–H groups in total. The molecule has 5 heteroatoms. The average Bonchev–Trinajstić information content (AvgIpc) is 2.46. The number of benzene rings is 1. The van der Waals surface area contributed by atoms with E-state index in [1.807, 2.05) is 24.3 Å². The van der Waals surface area contributed by atoms with Crippen molar-refractivity contribution in [3.63, 3.8) is 0 Å². The van der Waals surface area contributed by atoms with Gasteiger partial charge in [-0.3, -0.25) is 14.5 Å². The number of para-hydroxylation sites is 1. The molecule has 0 aliphatic carbocycles. The lowest BCUT2D eigenvalue weighted by atomic mass is 10.0. The van der Waals surface area contributed by atoms with Crippen molar-refractivity contribution in [3.05, 3.63) is 42.5 Å². The molecule has 1 aromatic carbocycles. The lowest BCUT2D eigenvalue weighted by Gasteiger charge is -2.31. The maximum Gasteiger partial charge on any atom is 0.317 e. The Morgan fingerprint density at radius 3 is 2.81 bits per heavy atom. The van der Waals surface area contributed by atoms with E-state index < -0.39 is 5.97 Å². The van der Waals surface area contributed by atoms with E-state index >= 15 is 0 Å². The van der Waals surface area contributed by atoms with Crippen LogP contribution < -0.4 is 4.90 Å². The van der Waals surface area contributed by atoms with Gasteiger partial charge in [-0.15, -0.1) is 6.58 Å². The van der Waals surface area contributed by atoms with E-state index in [9.17, 15) is 9.59 Å². The zero-order valence-electron chi connectivity index (χ0n) is 12.0. The molecule has 21 heavy (non-hydrogen) atoms. The first-order valence-electron chi connectivity index (χ1n) is 7.05. The Labute approximate surface area is 124 Å². The number of carbonyl (C=O) groups is 2. The van der Waals surface area contributed by atoms with Gasteiger partial charge in [0.05, 0.1) is 13.1 Å². The number of carbonyl (C=O) groups excluding carboxylic acids is 1. The van der Waals surface area contributed by atoms with E-state index in [0.29, 0.717) is 13.1 Å². The van der Waals surface area contributed by atoms with Crippen molar-refractivity contribution in [3.8, 4) is 0 Å². The number of carboxylic acid groups (broad SMARTS) is 1. The Hall–Kier alpha value is -2.14. The molecule has 1 aromatic rings. The van der Waals surface area contributed by atoms with Crippen molar-refractivity contribution < 1.29 is 14.7 Å². The van der Waals surface area contributed by atoms with Crippen LogP contribution in [0.25, 0.3) is 0 Å². The van der Waals surface area contributed by atoms with Crippen LogP contribution >= 0.6 is 0 Å². The molecule has 0 atom stereocenters. The molecule has 0 saturated heterocycles. The van der Waals surface area contributed by atoms with E-state index in [2.05, 4.69) is 6.58 Å². The molecule has 0 bridgehead atoms. The SMILES string of the molecule is C=CCN(CC(=O)O)CC(=O)N1CCCc2ccccc21. The highest BCUT2D eigenvalue weighted by Crippen LogP contribution is 2.26. The fraction of sp³-hybridized carbons (Fsp3) is 0.375. The molecule has 0 saturated carbocycles. The molecule has 0 fully saturated rings. The van der Waals surface area contributed by atoms with Crippen LogP contribution in [0.5, 0.6) is 0 Å². The summed E-state index contributed by atoms with van der Waals surface area (Å²) in [5, 5.41) is 8.89. The number of aryl methyl sites for hydroxylation is 1. The molecule has 1 aliphatic heterocycles. The standard InChI is InChI=1S/C16H20N2O3/c1-2-9-17(12-16(20)21)11-15(19)18-10-5-7-13-6-3-4-8-14(13)18/h2-4,6,8H,1,5,7,9-12H2,(H,20,21). The number of rotatable bonds is 6. The maximum atomic E-state index is 12.5. The summed E-state index contributed by atoms with van der Waals surface area (Å²) in [6, 6.07) is 7.87. The largest absolute Gasteiger partial charge is 0.480 e. The van der Waals surface area contributed by atoms with Crippen LogP contribution in [0.3, 0.4) is 0 Å². The van der Waals surface area contributed by atoms with E-state index in [1.165, 1.54) is 5.56 Å². The summed E-state index contributed by atoms with van der Waals surface area (Å²) in [6.45, 7) is 4.60. The minimum absolute atomic E-state index is 0.0646. The maximum absolute atomic E-state index is 12.5. The molecule has 112 valence electrons. The molecule has 5 nitrogen and oxygen atoms in total. The van der Waals surface area contributed by atoms with Crippen molar-refractivity contribution in [2.24, 2.45) is 0 Å². The molecule has 0 radical (unpaired) electrons. The highest BCUT2D eigenvalue weighted by Gasteiger charge is 2.24. The molecule has 1 amide bonds. The summed E-state index contributed by atoms with van der Waals surface area (Å²) in [5.41, 5.74) is 2.12. The number of amides is 1. The zero-order chi connectivity index (χ0) is 15.2. The zero-order valence-corrected chi connectivity index (χ0v) is 12.0. The van der Waals surface area contributed by atoms with Gasteiger partial charge in [0.2, 0.25) is 5.91 Å². The van der Waals surface area contributed by atoms with Gasteiger partial charge in [-0.05, 0) is 24.5 Å². The van der Waals surface area contributed by atoms with Crippen molar-refractivity contribution in [2.45, 2.75) is 12.8 Å². The van der Waals surface area contributed by atoms with Gasteiger partial charge in [-0.1, -0.05) is 24.3 Å². The highest BCUT2D eigenvalue weighted by molar-refractivity contribution is 5.96. The third kappa shape index (κ3) is 3.92. The summed E-state index contributed by atoms with van der Waals surface area (Å²) in [5.74, 6) is -1.01. The Morgan fingerprint density at radius 2 is 2.10 bits per heavy atom. The van der Waals surface area contributed by atoms with Crippen LogP contribution in [0.2, 0.25) is 0 Å². The van der Waals surface area contributed by atoms with Gasteiger partial charge in [0, 0.05) is 18.8 Å². The second-order valence-electron chi connectivity index (χ2n) is 5.13. The Morgan fingerprint density at radius 1 is 1.33 bits per heavy atom. The highest BCUT2D eigenvalue weighted by atomic mass is 16.4. The lowest BCUT2D eigenvalue weighted by molar-refractivity contribution is -0.138. The normalized spacial score (nSPS) is 13.9. The summed E-state index contributed by atoms with van der Waals surface area (Å²) < 4.78 is 0. The molecule has 1 heterocycles. The van der Waals surface area contributed by atoms with Crippen LogP contribution in [0, 0.1) is 0 Å². The van der Waals surface area contributed by atoms with Crippen molar-refractivity contribution in [1.29, 1.82) is 0 Å². The van der Waals surface area contributed by atoms with Gasteiger partial charge in [-0.25, -0.2) is 0 Å². The van der Waals surface area contributed by atoms with Gasteiger partial charge >= 0.3 is 5.97 Å². The van der Waals surface area contributed by atoms with Crippen molar-refractivity contribution in [2.75, 3.05) is 31.1 Å². The van der Waals surface area contributed by atoms with Crippen molar-refractivity contribution in [1.82, 2.24) is 4.90 Å². The van der Waals surface area contributed by atoms with Crippen LogP contribution in [0.4, 0.5) is 5.69 Å². The smallest absolute Gasteiger partial charge is 0.317 e. The lowest BCUT2D eigenvalue weighted by Crippen LogP contribution is -2.44. The Balaban J connectivity index is 2.09. The third-order valence-corrected chi connectivity index (χ3v) is 3.52. The Kier molecular flexibility index (Phi) is 5.11. The van der Waals surface area contributed by atoms with E-state index in [-0.39, 0.29) is 19.0 Å². The number of fused-ring (bicyclic) bond motifs is 1. The number of nitrogens with zero attached hydrogens (tertiary/aromatic N) is 2. The van der Waals surface area contributed by atoms with E-state index in [4.69, 9.17) is 5.11 Å². The van der Waals surface area contributed by atoms with Gasteiger partial charge in [0.25, 0.3) is 0 Å². The molecule has 0 unspecified atom stereocenters. The number of anilines is 1. The van der Waals surface area contributed by atoms with Crippen molar-refractivity contribution >= 4 is 17.6 Å². The summed E-state index contributed by atoms with van der Waals surface area (Å²) in [6.07, 6.45) is 3.52. The second kappa shape index (κ2) is 7.04. The minimum atomic E-state index is -0.941. The van der Waals surface area contributed by atoms with E-state index in [1.54, 1.807) is 15.9 Å². The first kappa shape index (κ1) is 15.3. The van der Waals surface area contributed by atoms with Gasteiger partial charge < -0.3 is 10.0 Å². The monoisotopic (exact) mass is 288 g/mol. The number of aliphatic carboxylic acids is 1. The fourth-order valence-electron chi connectivity index (χ4n) is 2.63. The first-order chi connectivity index (χ1) is 10.1. The molecule has 0 spiro atoms. The van der Waals surface area contributed by atoms with Crippen LogP contribution in [0.15, 0.2) is 36.9 Å². The quantitative estimate of drug-likeness (QED) is 0.807. The minimum Gasteiger partial charge on any atom is -0.480 e. The summed E-state index contributed by atoms with van der Waals surface area (Å²) >= 11 is 0. The van der Waals surface area contributed by atoms with Crippen LogP contribution in [0.1, 0.15) is 12.0 Å². The number of hydrogen-bond acceptors (Lipinski definition) is 3. The molecular formula is C16H20N2O3. The summed E-state index contributed by atoms with van der Waals surface area (Å²) in [4.78, 5) is 26.7. The average molecular weight is 288 g/mol. The summed E-state index contributed by atoms with van der Waals surface area (Å²) in [7, 11) is 0. The second-order valence-corrected chi connectivity index (χ2v) is 5.13. The van der Waals surface area contributed by atoms with Gasteiger partial charge in [-0.2, -0.15) is 0 Å². The number of carboxylic acids is 1. The Bertz CT molecular complexity index is 542. The molecule has 0 aromatic heterocycles. The van der Waals surface area contributed by atoms with Gasteiger partial charge in [0.15, 0.2) is 0 Å². The molecule has 1 aliphatic rings. The van der Waals surface area contributed by atoms with Crippen LogP contribution in [-0.2, 0) is 16.0 Å². The topological polar surface area (TPSA) is 60.9 Å². The van der Waals surface area contributed by atoms with E-state index in [0.717, 1.165) is 18.5 Å². The molecule has 2 rings (SSSR count). The fourth-order valence-corrected chi connectivity index (χ4v) is 2.63.